The third-order valence-corrected chi connectivity index (χ3v) is 4.69. The molecule has 4 heteroatoms. The number of ketones is 1. The van der Waals surface area contributed by atoms with E-state index in [0.29, 0.717) is 30.8 Å². The number of Topliss-reactive ketones (excluding diaryl/α,β-unsaturated/α-hetero) is 1. The van der Waals surface area contributed by atoms with Gasteiger partial charge in [0.05, 0.1) is 18.3 Å². The minimum absolute atomic E-state index is 0.0957. The predicted octanol–water partition coefficient (Wildman–Crippen LogP) is 3.47. The van der Waals surface area contributed by atoms with Crippen LogP contribution in [0.4, 0.5) is 0 Å². The van der Waals surface area contributed by atoms with Crippen molar-refractivity contribution in [2.24, 2.45) is 11.8 Å². The van der Waals surface area contributed by atoms with Crippen LogP contribution in [0.25, 0.3) is 0 Å². The van der Waals surface area contributed by atoms with Crippen molar-refractivity contribution in [3.05, 3.63) is 29.8 Å². The monoisotopic (exact) mass is 320 g/mol. The van der Waals surface area contributed by atoms with Crippen LogP contribution in [0.15, 0.2) is 24.3 Å². The molecular weight excluding hydrogens is 292 g/mol. The van der Waals surface area contributed by atoms with Crippen molar-refractivity contribution in [3.8, 4) is 5.75 Å². The predicted molar refractivity (Wildman–Crippen MR) is 89.9 cm³/mol. The summed E-state index contributed by atoms with van der Waals surface area (Å²) in [4.78, 5) is 13.1. The lowest BCUT2D eigenvalue weighted by atomic mass is 9.74. The molecule has 2 atom stereocenters. The van der Waals surface area contributed by atoms with Crippen molar-refractivity contribution in [2.75, 3.05) is 20.3 Å². The van der Waals surface area contributed by atoms with E-state index in [1.54, 1.807) is 7.11 Å². The Balaban J connectivity index is 2.25. The number of rotatable bonds is 7. The van der Waals surface area contributed by atoms with E-state index >= 15 is 0 Å². The van der Waals surface area contributed by atoms with Crippen LogP contribution in [0.1, 0.15) is 49.9 Å². The molecule has 0 aromatic heterocycles. The van der Waals surface area contributed by atoms with Gasteiger partial charge in [-0.25, -0.2) is 0 Å². The number of ether oxygens (including phenoxy) is 2. The second-order valence-corrected chi connectivity index (χ2v) is 6.90. The standard InChI is InChI=1S/C19H28O4/c1-19(2)13-14(10-12-23-19)15(8-6-11-20)18(21)16-7-4-5-9-17(16)22-3/h4-5,7,9,14-15,20H,6,8,10-13H2,1-3H3/t14-,15+/m0/s1. The molecule has 4 nitrogen and oxygen atoms in total. The Hall–Kier alpha value is -1.39. The largest absolute Gasteiger partial charge is 0.496 e. The molecule has 23 heavy (non-hydrogen) atoms. The summed E-state index contributed by atoms with van der Waals surface area (Å²) in [7, 11) is 1.59. The zero-order valence-electron chi connectivity index (χ0n) is 14.4. The molecule has 0 aliphatic carbocycles. The number of aliphatic hydroxyl groups excluding tert-OH is 1. The maximum absolute atomic E-state index is 13.1. The van der Waals surface area contributed by atoms with Gasteiger partial charge in [-0.1, -0.05) is 12.1 Å². The summed E-state index contributed by atoms with van der Waals surface area (Å²) in [5.74, 6) is 0.931. The lowest BCUT2D eigenvalue weighted by Gasteiger charge is -2.39. The molecule has 0 amide bonds. The number of aliphatic hydroxyl groups is 1. The number of methoxy groups -OCH3 is 1. The molecule has 0 bridgehead atoms. The Morgan fingerprint density at radius 3 is 2.83 bits per heavy atom. The number of hydrogen-bond donors (Lipinski definition) is 1. The number of para-hydroxylation sites is 1. The number of carbonyl (C=O) groups is 1. The Morgan fingerprint density at radius 2 is 2.17 bits per heavy atom. The van der Waals surface area contributed by atoms with Gasteiger partial charge >= 0.3 is 0 Å². The first-order valence-corrected chi connectivity index (χ1v) is 8.40. The van der Waals surface area contributed by atoms with E-state index in [4.69, 9.17) is 9.47 Å². The second-order valence-electron chi connectivity index (χ2n) is 6.90. The van der Waals surface area contributed by atoms with Crippen LogP contribution in [-0.4, -0.2) is 36.8 Å². The lowest BCUT2D eigenvalue weighted by Crippen LogP contribution is -2.39. The molecular formula is C19H28O4. The summed E-state index contributed by atoms with van der Waals surface area (Å²) in [6.07, 6.45) is 3.10. The van der Waals surface area contributed by atoms with Crippen LogP contribution >= 0.6 is 0 Å². The summed E-state index contributed by atoms with van der Waals surface area (Å²) in [5, 5.41) is 9.21. The van der Waals surface area contributed by atoms with Gasteiger partial charge in [-0.15, -0.1) is 0 Å². The summed E-state index contributed by atoms with van der Waals surface area (Å²) in [6.45, 7) is 4.96. The fraction of sp³-hybridized carbons (Fsp3) is 0.632. The van der Waals surface area contributed by atoms with Crippen LogP contribution < -0.4 is 4.74 Å². The molecule has 0 spiro atoms. The maximum Gasteiger partial charge on any atom is 0.169 e. The van der Waals surface area contributed by atoms with E-state index in [-0.39, 0.29) is 29.8 Å². The summed E-state index contributed by atoms with van der Waals surface area (Å²) < 4.78 is 11.1. The Bertz CT molecular complexity index is 524. The Morgan fingerprint density at radius 1 is 1.43 bits per heavy atom. The molecule has 1 aromatic rings. The molecule has 1 aliphatic rings. The normalized spacial score (nSPS) is 21.7. The first kappa shape index (κ1) is 18.0. The molecule has 128 valence electrons. The Labute approximate surface area is 138 Å². The van der Waals surface area contributed by atoms with E-state index in [2.05, 4.69) is 13.8 Å². The first-order chi connectivity index (χ1) is 11.0. The van der Waals surface area contributed by atoms with Gasteiger partial charge in [0.15, 0.2) is 5.78 Å². The maximum atomic E-state index is 13.1. The van der Waals surface area contributed by atoms with Crippen LogP contribution in [0.2, 0.25) is 0 Å². The van der Waals surface area contributed by atoms with Gasteiger partial charge in [0, 0.05) is 19.1 Å². The molecule has 1 aliphatic heterocycles. The molecule has 1 fully saturated rings. The van der Waals surface area contributed by atoms with Crippen LogP contribution in [0, 0.1) is 11.8 Å². The van der Waals surface area contributed by atoms with Gasteiger partial charge in [0.25, 0.3) is 0 Å². The van der Waals surface area contributed by atoms with Crippen molar-refractivity contribution < 1.29 is 19.4 Å². The highest BCUT2D eigenvalue weighted by atomic mass is 16.5. The minimum Gasteiger partial charge on any atom is -0.496 e. The summed E-state index contributed by atoms with van der Waals surface area (Å²) in [5.41, 5.74) is 0.448. The highest BCUT2D eigenvalue weighted by molar-refractivity contribution is 6.00. The van der Waals surface area contributed by atoms with Gasteiger partial charge in [-0.3, -0.25) is 4.79 Å². The van der Waals surface area contributed by atoms with Gasteiger partial charge in [0.2, 0.25) is 0 Å². The number of carbonyl (C=O) groups excluding carboxylic acids is 1. The molecule has 0 radical (unpaired) electrons. The molecule has 1 N–H and O–H groups in total. The quantitative estimate of drug-likeness (QED) is 0.782. The van der Waals surface area contributed by atoms with Crippen molar-refractivity contribution >= 4 is 5.78 Å². The zero-order valence-corrected chi connectivity index (χ0v) is 14.4. The van der Waals surface area contributed by atoms with E-state index in [1.807, 2.05) is 24.3 Å². The minimum atomic E-state index is -0.193. The summed E-state index contributed by atoms with van der Waals surface area (Å²) in [6, 6.07) is 7.39. The van der Waals surface area contributed by atoms with Crippen LogP contribution in [0.3, 0.4) is 0 Å². The Kier molecular flexibility index (Phi) is 6.19. The van der Waals surface area contributed by atoms with E-state index in [9.17, 15) is 9.90 Å². The van der Waals surface area contributed by atoms with E-state index < -0.39 is 0 Å². The zero-order chi connectivity index (χ0) is 16.9. The topological polar surface area (TPSA) is 55.8 Å². The SMILES string of the molecule is COc1ccccc1C(=O)[C@H](CCCO)[C@H]1CCOC(C)(C)C1. The third kappa shape index (κ3) is 4.55. The summed E-state index contributed by atoms with van der Waals surface area (Å²) >= 11 is 0. The van der Waals surface area contributed by atoms with Crippen LogP contribution in [-0.2, 0) is 4.74 Å². The highest BCUT2D eigenvalue weighted by Crippen LogP contribution is 2.37. The molecule has 0 saturated carbocycles. The van der Waals surface area contributed by atoms with Crippen LogP contribution in [0.5, 0.6) is 5.75 Å². The molecule has 2 rings (SSSR count). The van der Waals surface area contributed by atoms with Crippen molar-refractivity contribution in [1.82, 2.24) is 0 Å². The van der Waals surface area contributed by atoms with Crippen molar-refractivity contribution in [2.45, 2.75) is 45.1 Å². The third-order valence-electron chi connectivity index (χ3n) is 4.69. The van der Waals surface area contributed by atoms with Gasteiger partial charge in [0.1, 0.15) is 5.75 Å². The number of benzene rings is 1. The average molecular weight is 320 g/mol. The first-order valence-electron chi connectivity index (χ1n) is 8.40. The fourth-order valence-electron chi connectivity index (χ4n) is 3.56. The second kappa shape index (κ2) is 7.93. The van der Waals surface area contributed by atoms with E-state index in [0.717, 1.165) is 12.8 Å². The van der Waals surface area contributed by atoms with E-state index in [1.165, 1.54) is 0 Å². The number of hydrogen-bond acceptors (Lipinski definition) is 4. The molecule has 1 saturated heterocycles. The lowest BCUT2D eigenvalue weighted by molar-refractivity contribution is -0.0803. The van der Waals surface area contributed by atoms with Crippen molar-refractivity contribution in [1.29, 1.82) is 0 Å². The molecule has 0 unspecified atom stereocenters. The van der Waals surface area contributed by atoms with Crippen molar-refractivity contribution in [3.63, 3.8) is 0 Å². The molecule has 1 aromatic carbocycles. The average Bonchev–Trinajstić information content (AvgIpc) is 2.54. The highest BCUT2D eigenvalue weighted by Gasteiger charge is 2.37. The van der Waals surface area contributed by atoms with Gasteiger partial charge < -0.3 is 14.6 Å². The van der Waals surface area contributed by atoms with Gasteiger partial charge in [-0.2, -0.15) is 0 Å². The molecule has 1 heterocycles. The smallest absolute Gasteiger partial charge is 0.169 e. The van der Waals surface area contributed by atoms with Gasteiger partial charge in [-0.05, 0) is 57.6 Å². The fourth-order valence-corrected chi connectivity index (χ4v) is 3.56.